The summed E-state index contributed by atoms with van der Waals surface area (Å²) in [6.45, 7) is 0.373. The Kier molecular flexibility index (Phi) is 5.39. The summed E-state index contributed by atoms with van der Waals surface area (Å²) in [6.07, 6.45) is 5.58. The van der Waals surface area contributed by atoms with Crippen LogP contribution in [0.15, 0.2) is 22.7 Å². The average molecular weight is 472 g/mol. The van der Waals surface area contributed by atoms with E-state index in [1.165, 1.54) is 0 Å². The first-order chi connectivity index (χ1) is 14.3. The summed E-state index contributed by atoms with van der Waals surface area (Å²) in [4.78, 5) is 0. The van der Waals surface area contributed by atoms with Crippen LogP contribution in [0, 0.1) is 11.8 Å². The van der Waals surface area contributed by atoms with Gasteiger partial charge in [0.15, 0.2) is 0 Å². The molecule has 1 aromatic heterocycles. The number of fused-ring (bicyclic) bond motifs is 2. The fourth-order valence-corrected chi connectivity index (χ4v) is 6.22. The molecule has 0 radical (unpaired) electrons. The van der Waals surface area contributed by atoms with E-state index in [1.54, 1.807) is 18.2 Å². The Morgan fingerprint density at radius 3 is 2.37 bits per heavy atom. The zero-order chi connectivity index (χ0) is 21.0. The molecule has 0 spiro atoms. The number of rotatable bonds is 7. The summed E-state index contributed by atoms with van der Waals surface area (Å²) >= 11 is 12.8. The Balaban J connectivity index is 1.34. The third-order valence-corrected chi connectivity index (χ3v) is 7.66. The van der Waals surface area contributed by atoms with E-state index in [1.807, 2.05) is 0 Å². The summed E-state index contributed by atoms with van der Waals surface area (Å²) in [7, 11) is -3.43. The van der Waals surface area contributed by atoms with Gasteiger partial charge in [-0.05, 0) is 56.1 Å². The van der Waals surface area contributed by atoms with Crippen molar-refractivity contribution in [2.24, 2.45) is 11.8 Å². The summed E-state index contributed by atoms with van der Waals surface area (Å²) in [5.41, 5.74) is 2.23. The lowest BCUT2D eigenvalue weighted by Gasteiger charge is -2.27. The van der Waals surface area contributed by atoms with Gasteiger partial charge in [-0.25, -0.2) is 0 Å². The highest BCUT2D eigenvalue weighted by Crippen LogP contribution is 2.49. The van der Waals surface area contributed by atoms with E-state index < -0.39 is 10.1 Å². The van der Waals surface area contributed by atoms with Crippen LogP contribution in [0.2, 0.25) is 10.0 Å². The maximum atomic E-state index is 11.5. The number of hydrogen-bond acceptors (Lipinski definition) is 6. The number of ether oxygens (including phenoxy) is 1. The maximum Gasteiger partial charge on any atom is 0.264 e. The van der Waals surface area contributed by atoms with E-state index in [9.17, 15) is 8.42 Å². The summed E-state index contributed by atoms with van der Waals surface area (Å²) in [5, 5.41) is 5.36. The normalized spacial score (nSPS) is 28.4. The van der Waals surface area contributed by atoms with Gasteiger partial charge in [-0.15, -0.1) is 0 Å². The minimum absolute atomic E-state index is 0.0749. The maximum absolute atomic E-state index is 11.5. The van der Waals surface area contributed by atoms with Crippen molar-refractivity contribution in [3.8, 4) is 11.3 Å². The standard InChI is InChI=1S/C21H23Cl2NO5S/c1-30(25,26)29-18-9-12-7-13(18)8-17(12)27-10-14-20(24-28-21(14)11-5-6-11)19-15(22)3-2-4-16(19)23/h2-4,11-13,17-18H,5-10H2,1H3. The van der Waals surface area contributed by atoms with E-state index in [-0.39, 0.29) is 18.1 Å². The Bertz CT molecular complexity index is 1050. The molecule has 0 aliphatic heterocycles. The molecule has 6 nitrogen and oxygen atoms in total. The minimum atomic E-state index is -3.43. The first kappa shape index (κ1) is 20.8. The third kappa shape index (κ3) is 4.02. The third-order valence-electron chi connectivity index (χ3n) is 6.43. The van der Waals surface area contributed by atoms with Crippen LogP contribution in [0.25, 0.3) is 11.3 Å². The highest BCUT2D eigenvalue weighted by Gasteiger charge is 2.48. The van der Waals surface area contributed by atoms with Crippen LogP contribution in [0.1, 0.15) is 49.3 Å². The lowest BCUT2D eigenvalue weighted by Crippen LogP contribution is -2.30. The molecule has 4 atom stereocenters. The van der Waals surface area contributed by atoms with Gasteiger partial charge in [0, 0.05) is 17.0 Å². The number of halogens is 2. The Labute approximate surface area is 185 Å². The van der Waals surface area contributed by atoms with Gasteiger partial charge in [0.2, 0.25) is 0 Å². The molecule has 3 fully saturated rings. The molecule has 9 heteroatoms. The van der Waals surface area contributed by atoms with E-state index in [0.717, 1.165) is 43.3 Å². The van der Waals surface area contributed by atoms with Crippen molar-refractivity contribution < 1.29 is 21.9 Å². The molecule has 1 heterocycles. The molecule has 0 amide bonds. The van der Waals surface area contributed by atoms with Gasteiger partial charge in [0.1, 0.15) is 11.5 Å². The van der Waals surface area contributed by atoms with E-state index in [2.05, 4.69) is 5.16 Å². The largest absolute Gasteiger partial charge is 0.373 e. The van der Waals surface area contributed by atoms with Gasteiger partial charge in [-0.2, -0.15) is 8.42 Å². The van der Waals surface area contributed by atoms with Crippen molar-refractivity contribution >= 4 is 33.3 Å². The fourth-order valence-electron chi connectivity index (χ4n) is 4.96. The molecule has 3 aliphatic rings. The highest BCUT2D eigenvalue weighted by atomic mass is 35.5. The van der Waals surface area contributed by atoms with Crippen molar-refractivity contribution in [3.63, 3.8) is 0 Å². The molecule has 5 rings (SSSR count). The molecular formula is C21H23Cl2NO5S. The van der Waals surface area contributed by atoms with Crippen LogP contribution in [-0.4, -0.2) is 32.0 Å². The van der Waals surface area contributed by atoms with Gasteiger partial charge in [0.25, 0.3) is 10.1 Å². The van der Waals surface area contributed by atoms with Crippen LogP contribution >= 0.6 is 23.2 Å². The molecule has 3 saturated carbocycles. The molecule has 3 aliphatic carbocycles. The van der Waals surface area contributed by atoms with Crippen LogP contribution in [0.5, 0.6) is 0 Å². The molecule has 2 bridgehead atoms. The van der Waals surface area contributed by atoms with Gasteiger partial charge in [-0.1, -0.05) is 34.4 Å². The Morgan fingerprint density at radius 2 is 1.77 bits per heavy atom. The summed E-state index contributed by atoms with van der Waals surface area (Å²) in [6, 6.07) is 5.38. The predicted octanol–water partition coefficient (Wildman–Crippen LogP) is 5.19. The molecular weight excluding hydrogens is 449 g/mol. The van der Waals surface area contributed by atoms with Gasteiger partial charge >= 0.3 is 0 Å². The second kappa shape index (κ2) is 7.78. The second-order valence-electron chi connectivity index (χ2n) is 8.66. The first-order valence-corrected chi connectivity index (χ1v) is 12.8. The van der Waals surface area contributed by atoms with E-state index >= 15 is 0 Å². The first-order valence-electron chi connectivity index (χ1n) is 10.2. The Morgan fingerprint density at radius 1 is 1.10 bits per heavy atom. The van der Waals surface area contributed by atoms with Crippen LogP contribution in [0.3, 0.4) is 0 Å². The van der Waals surface area contributed by atoms with Crippen molar-refractivity contribution in [2.75, 3.05) is 6.26 Å². The topological polar surface area (TPSA) is 78.6 Å². The molecule has 30 heavy (non-hydrogen) atoms. The van der Waals surface area contributed by atoms with Gasteiger partial charge in [0.05, 0.1) is 35.1 Å². The quantitative estimate of drug-likeness (QED) is 0.517. The number of hydrogen-bond donors (Lipinski definition) is 0. The monoisotopic (exact) mass is 471 g/mol. The molecule has 0 saturated heterocycles. The van der Waals surface area contributed by atoms with E-state index in [4.69, 9.17) is 36.6 Å². The van der Waals surface area contributed by atoms with Gasteiger partial charge < -0.3 is 9.26 Å². The van der Waals surface area contributed by atoms with Crippen molar-refractivity contribution in [1.29, 1.82) is 0 Å². The molecule has 2 aromatic rings. The average Bonchev–Trinajstić information content (AvgIpc) is 3.14. The van der Waals surface area contributed by atoms with Crippen LogP contribution in [0.4, 0.5) is 0 Å². The second-order valence-corrected chi connectivity index (χ2v) is 11.1. The minimum Gasteiger partial charge on any atom is -0.373 e. The number of benzene rings is 1. The number of nitrogens with zero attached hydrogens (tertiary/aromatic N) is 1. The molecule has 162 valence electrons. The van der Waals surface area contributed by atoms with Crippen molar-refractivity contribution in [1.82, 2.24) is 5.16 Å². The lowest BCUT2D eigenvalue weighted by atomic mass is 9.95. The van der Waals surface area contributed by atoms with Crippen LogP contribution in [-0.2, 0) is 25.6 Å². The predicted molar refractivity (Wildman–Crippen MR) is 113 cm³/mol. The van der Waals surface area contributed by atoms with Gasteiger partial charge in [-0.3, -0.25) is 4.18 Å². The molecule has 4 unspecified atom stereocenters. The fraction of sp³-hybridized carbons (Fsp3) is 0.571. The number of aromatic nitrogens is 1. The van der Waals surface area contributed by atoms with Crippen molar-refractivity contribution in [2.45, 2.75) is 56.8 Å². The van der Waals surface area contributed by atoms with Crippen LogP contribution < -0.4 is 0 Å². The zero-order valence-electron chi connectivity index (χ0n) is 16.5. The lowest BCUT2D eigenvalue weighted by molar-refractivity contribution is -0.0144. The van der Waals surface area contributed by atoms with E-state index in [0.29, 0.717) is 46.2 Å². The Hall–Kier alpha value is -1.12. The molecule has 0 N–H and O–H groups in total. The zero-order valence-corrected chi connectivity index (χ0v) is 18.8. The molecule has 1 aromatic carbocycles. The smallest absolute Gasteiger partial charge is 0.264 e. The highest BCUT2D eigenvalue weighted by molar-refractivity contribution is 7.86. The SMILES string of the molecule is CS(=O)(=O)OC1CC2CC1CC2OCc1c(-c2c(Cl)cccc2Cl)noc1C1CC1. The van der Waals surface area contributed by atoms with Crippen molar-refractivity contribution in [3.05, 3.63) is 39.6 Å². The summed E-state index contributed by atoms with van der Waals surface area (Å²) < 4.78 is 40.2. The summed E-state index contributed by atoms with van der Waals surface area (Å²) in [5.74, 6) is 1.76.